The van der Waals surface area contributed by atoms with Gasteiger partial charge >= 0.3 is 0 Å². The molecule has 0 bridgehead atoms. The number of aryl methyl sites for hydroxylation is 1. The highest BCUT2D eigenvalue weighted by Crippen LogP contribution is 2.12. The molecule has 0 saturated carbocycles. The van der Waals surface area contributed by atoms with Crippen LogP contribution >= 0.6 is 0 Å². The van der Waals surface area contributed by atoms with Crippen LogP contribution < -0.4 is 15.6 Å². The predicted octanol–water partition coefficient (Wildman–Crippen LogP) is 1.56. The Morgan fingerprint density at radius 3 is 2.62 bits per heavy atom. The third-order valence-electron chi connectivity index (χ3n) is 3.57. The van der Waals surface area contributed by atoms with Crippen LogP contribution in [0.2, 0.25) is 0 Å². The fourth-order valence-electron chi connectivity index (χ4n) is 2.26. The lowest BCUT2D eigenvalue weighted by Crippen LogP contribution is -2.31. The van der Waals surface area contributed by atoms with Crippen molar-refractivity contribution in [1.82, 2.24) is 14.9 Å². The SMILES string of the molecule is CCOc1ccc(CC(=O)NCCn2cnc(CC)cc2=O)cc1. The third kappa shape index (κ3) is 5.22. The van der Waals surface area contributed by atoms with E-state index in [4.69, 9.17) is 4.74 Å². The van der Waals surface area contributed by atoms with E-state index in [1.54, 1.807) is 0 Å². The maximum absolute atomic E-state index is 12.0. The second-order valence-electron chi connectivity index (χ2n) is 5.37. The van der Waals surface area contributed by atoms with Crippen LogP contribution in [0, 0.1) is 0 Å². The molecule has 0 fully saturated rings. The van der Waals surface area contributed by atoms with Crippen molar-refractivity contribution in [1.29, 1.82) is 0 Å². The van der Waals surface area contributed by atoms with E-state index in [-0.39, 0.29) is 11.5 Å². The van der Waals surface area contributed by atoms with Gasteiger partial charge in [0.15, 0.2) is 0 Å². The van der Waals surface area contributed by atoms with E-state index >= 15 is 0 Å². The van der Waals surface area contributed by atoms with Gasteiger partial charge in [-0.3, -0.25) is 14.2 Å². The van der Waals surface area contributed by atoms with E-state index in [9.17, 15) is 9.59 Å². The van der Waals surface area contributed by atoms with Gasteiger partial charge in [0.1, 0.15) is 5.75 Å². The molecule has 0 aliphatic rings. The molecule has 1 amide bonds. The number of ether oxygens (including phenoxy) is 1. The third-order valence-corrected chi connectivity index (χ3v) is 3.57. The normalized spacial score (nSPS) is 10.4. The van der Waals surface area contributed by atoms with Gasteiger partial charge in [-0.1, -0.05) is 19.1 Å². The minimum absolute atomic E-state index is 0.0784. The summed E-state index contributed by atoms with van der Waals surface area (Å²) in [4.78, 5) is 28.0. The second-order valence-corrected chi connectivity index (χ2v) is 5.37. The smallest absolute Gasteiger partial charge is 0.253 e. The molecule has 0 aliphatic carbocycles. The van der Waals surface area contributed by atoms with Crippen LogP contribution in [0.1, 0.15) is 25.1 Å². The lowest BCUT2D eigenvalue weighted by atomic mass is 10.1. The van der Waals surface area contributed by atoms with Crippen molar-refractivity contribution in [3.8, 4) is 5.75 Å². The minimum atomic E-state index is -0.0948. The van der Waals surface area contributed by atoms with Crippen molar-refractivity contribution in [2.45, 2.75) is 33.2 Å². The fourth-order valence-corrected chi connectivity index (χ4v) is 2.26. The Bertz CT molecular complexity index is 723. The number of hydrogen-bond donors (Lipinski definition) is 1. The lowest BCUT2D eigenvalue weighted by Gasteiger charge is -2.08. The number of amides is 1. The molecule has 0 atom stereocenters. The zero-order valence-corrected chi connectivity index (χ0v) is 14.1. The topological polar surface area (TPSA) is 73.2 Å². The molecule has 0 radical (unpaired) electrons. The number of nitrogens with zero attached hydrogens (tertiary/aromatic N) is 2. The Hall–Kier alpha value is -2.63. The van der Waals surface area contributed by atoms with Gasteiger partial charge in [-0.05, 0) is 31.0 Å². The number of nitrogens with one attached hydrogen (secondary N) is 1. The first kappa shape index (κ1) is 17.7. The Balaban J connectivity index is 1.80. The molecule has 1 aromatic heterocycles. The van der Waals surface area contributed by atoms with Crippen LogP contribution in [0.4, 0.5) is 0 Å². The molecule has 0 unspecified atom stereocenters. The Labute approximate surface area is 141 Å². The maximum atomic E-state index is 12.0. The van der Waals surface area contributed by atoms with Crippen LogP contribution in [0.25, 0.3) is 0 Å². The first-order valence-electron chi connectivity index (χ1n) is 8.16. The number of rotatable bonds is 8. The Morgan fingerprint density at radius 2 is 2.00 bits per heavy atom. The summed E-state index contributed by atoms with van der Waals surface area (Å²) in [5, 5.41) is 2.82. The average molecular weight is 329 g/mol. The zero-order chi connectivity index (χ0) is 17.4. The Morgan fingerprint density at radius 1 is 1.25 bits per heavy atom. The van der Waals surface area contributed by atoms with E-state index < -0.39 is 0 Å². The van der Waals surface area contributed by atoms with Crippen molar-refractivity contribution in [3.63, 3.8) is 0 Å². The quantitative estimate of drug-likeness (QED) is 0.798. The van der Waals surface area contributed by atoms with Gasteiger partial charge in [0.2, 0.25) is 5.91 Å². The van der Waals surface area contributed by atoms with Crippen LogP contribution in [0.15, 0.2) is 41.5 Å². The summed E-state index contributed by atoms with van der Waals surface area (Å²) in [6, 6.07) is 8.99. The van der Waals surface area contributed by atoms with Crippen molar-refractivity contribution < 1.29 is 9.53 Å². The molecule has 6 nitrogen and oxygen atoms in total. The van der Waals surface area contributed by atoms with Gasteiger partial charge in [0.05, 0.1) is 19.4 Å². The molecule has 2 rings (SSSR count). The van der Waals surface area contributed by atoms with E-state index in [2.05, 4.69) is 10.3 Å². The summed E-state index contributed by atoms with van der Waals surface area (Å²) in [7, 11) is 0. The first-order chi connectivity index (χ1) is 11.6. The van der Waals surface area contributed by atoms with Gasteiger partial charge in [0, 0.05) is 24.8 Å². The average Bonchev–Trinajstić information content (AvgIpc) is 2.58. The van der Waals surface area contributed by atoms with Crippen LogP contribution in [-0.4, -0.2) is 28.6 Å². The van der Waals surface area contributed by atoms with Crippen LogP contribution in [-0.2, 0) is 24.2 Å². The molecule has 128 valence electrons. The van der Waals surface area contributed by atoms with Crippen molar-refractivity contribution in [2.75, 3.05) is 13.2 Å². The molecule has 1 aromatic carbocycles. The molecule has 1 N–H and O–H groups in total. The molecule has 2 aromatic rings. The van der Waals surface area contributed by atoms with E-state index in [1.165, 1.54) is 17.0 Å². The summed E-state index contributed by atoms with van der Waals surface area (Å²) in [5.41, 5.74) is 1.60. The van der Waals surface area contributed by atoms with Crippen LogP contribution in [0.5, 0.6) is 5.75 Å². The van der Waals surface area contributed by atoms with Gasteiger partial charge in [-0.25, -0.2) is 4.98 Å². The lowest BCUT2D eigenvalue weighted by molar-refractivity contribution is -0.120. The largest absolute Gasteiger partial charge is 0.494 e. The minimum Gasteiger partial charge on any atom is -0.494 e. The second kappa shape index (κ2) is 8.86. The molecule has 0 saturated heterocycles. The highest BCUT2D eigenvalue weighted by molar-refractivity contribution is 5.78. The summed E-state index contributed by atoms with van der Waals surface area (Å²) in [6.07, 6.45) is 2.56. The van der Waals surface area contributed by atoms with Gasteiger partial charge in [-0.15, -0.1) is 0 Å². The van der Waals surface area contributed by atoms with E-state index in [0.29, 0.717) is 26.1 Å². The number of hydrogen-bond acceptors (Lipinski definition) is 4. The summed E-state index contributed by atoms with van der Waals surface area (Å²) in [6.45, 7) is 5.30. The summed E-state index contributed by atoms with van der Waals surface area (Å²) in [5.74, 6) is 0.717. The highest BCUT2D eigenvalue weighted by Gasteiger charge is 2.04. The fraction of sp³-hybridized carbons (Fsp3) is 0.389. The molecular formula is C18H23N3O3. The van der Waals surface area contributed by atoms with Crippen LogP contribution in [0.3, 0.4) is 0 Å². The number of benzene rings is 1. The van der Waals surface area contributed by atoms with Crippen molar-refractivity contribution in [3.05, 3.63) is 58.3 Å². The van der Waals surface area contributed by atoms with E-state index in [0.717, 1.165) is 23.4 Å². The molecule has 6 heteroatoms. The maximum Gasteiger partial charge on any atom is 0.253 e. The number of aromatic nitrogens is 2. The highest BCUT2D eigenvalue weighted by atomic mass is 16.5. The molecule has 0 aliphatic heterocycles. The van der Waals surface area contributed by atoms with Crippen molar-refractivity contribution in [2.24, 2.45) is 0 Å². The van der Waals surface area contributed by atoms with Crippen molar-refractivity contribution >= 4 is 5.91 Å². The molecule has 24 heavy (non-hydrogen) atoms. The summed E-state index contributed by atoms with van der Waals surface area (Å²) < 4.78 is 6.86. The monoisotopic (exact) mass is 329 g/mol. The zero-order valence-electron chi connectivity index (χ0n) is 14.1. The standard InChI is InChI=1S/C18H23N3O3/c1-3-15-12-18(23)21(13-20-15)10-9-19-17(22)11-14-5-7-16(8-6-14)24-4-2/h5-8,12-13H,3-4,9-11H2,1-2H3,(H,19,22). The predicted molar refractivity (Wildman–Crippen MR) is 92.2 cm³/mol. The molecule has 1 heterocycles. The molecule has 0 spiro atoms. The number of carbonyl (C=O) groups excluding carboxylic acids is 1. The van der Waals surface area contributed by atoms with Gasteiger partial charge < -0.3 is 10.1 Å². The van der Waals surface area contributed by atoms with E-state index in [1.807, 2.05) is 38.1 Å². The summed E-state index contributed by atoms with van der Waals surface area (Å²) >= 11 is 0. The number of carbonyl (C=O) groups is 1. The van der Waals surface area contributed by atoms with Gasteiger partial charge in [-0.2, -0.15) is 0 Å². The molecular weight excluding hydrogens is 306 g/mol. The first-order valence-corrected chi connectivity index (χ1v) is 8.16. The van der Waals surface area contributed by atoms with Gasteiger partial charge in [0.25, 0.3) is 5.56 Å². The Kier molecular flexibility index (Phi) is 6.54.